The second-order valence-electron chi connectivity index (χ2n) is 0.724. The second kappa shape index (κ2) is 4.92. The van der Waals surface area contributed by atoms with E-state index in [4.69, 9.17) is 0 Å². The molecule has 0 rings (SSSR count). The Morgan fingerprint density at radius 1 is 2.00 bits per heavy atom. The molecule has 0 aromatic heterocycles. The van der Waals surface area contributed by atoms with Crippen LogP contribution < -0.4 is 0 Å². The quantitative estimate of drug-likeness (QED) is 0.472. The molecule has 2 heteroatoms. The molecule has 0 saturated carbocycles. The van der Waals surface area contributed by atoms with Crippen molar-refractivity contribution in [2.45, 2.75) is 7.81 Å². The van der Waals surface area contributed by atoms with Crippen LogP contribution in [0.4, 0.5) is 0 Å². The first-order valence-corrected chi connectivity index (χ1v) is 11.3. The predicted molar refractivity (Wildman–Crippen MR) is 25.2 cm³/mol. The molecule has 0 amide bonds. The van der Waals surface area contributed by atoms with Gasteiger partial charge in [-0.3, -0.25) is 0 Å². The van der Waals surface area contributed by atoms with Gasteiger partial charge in [0.15, 0.2) is 0 Å². The summed E-state index contributed by atoms with van der Waals surface area (Å²) >= 11 is -0.418. The molecule has 4 heavy (non-hydrogen) atoms. The van der Waals surface area contributed by atoms with Crippen molar-refractivity contribution in [3.8, 4) is 0 Å². The predicted octanol–water partition coefficient (Wildman–Crippen LogP) is 0.974. The third-order valence-corrected chi connectivity index (χ3v) is 4.88. The van der Waals surface area contributed by atoms with Gasteiger partial charge in [-0.05, 0) is 0 Å². The van der Waals surface area contributed by atoms with E-state index in [9.17, 15) is 0 Å². The zero-order valence-electron chi connectivity index (χ0n) is 2.86. The van der Waals surface area contributed by atoms with E-state index in [1.54, 1.807) is 0 Å². The number of thiol groups is 1. The summed E-state index contributed by atoms with van der Waals surface area (Å²) in [5.74, 6) is 0. The van der Waals surface area contributed by atoms with Crippen molar-refractivity contribution in [3.05, 3.63) is 0 Å². The van der Waals surface area contributed by atoms with Crippen molar-refractivity contribution in [1.82, 2.24) is 0 Å². The third-order valence-electron chi connectivity index (χ3n) is 0.224. The van der Waals surface area contributed by atoms with Gasteiger partial charge in [0.05, 0.1) is 0 Å². The summed E-state index contributed by atoms with van der Waals surface area (Å²) in [5, 5.41) is 0. The summed E-state index contributed by atoms with van der Waals surface area (Å²) in [7, 11) is 0. The third kappa shape index (κ3) is 3.92. The fourth-order valence-electron chi connectivity index (χ4n) is 0. The molecule has 22 valence electrons. The second-order valence-corrected chi connectivity index (χ2v) is 8.52. The van der Waals surface area contributed by atoms with Crippen LogP contribution >= 0.6 is 4.93 Å². The average Bonchev–Trinajstić information content (AvgIpc) is 1.37. The van der Waals surface area contributed by atoms with Crippen molar-refractivity contribution >= 4 is 47.0 Å². The number of hydrogen-bond donors (Lipinski definition) is 1. The molecule has 0 nitrogen and oxygen atoms in total. The summed E-state index contributed by atoms with van der Waals surface area (Å²) in [6, 6.07) is 0. The van der Waals surface area contributed by atoms with Crippen molar-refractivity contribution in [2.24, 2.45) is 0 Å². The van der Waals surface area contributed by atoms with Crippen molar-refractivity contribution in [1.29, 1.82) is 0 Å². The van der Waals surface area contributed by atoms with Gasteiger partial charge in [0.2, 0.25) is 0 Å². The molecule has 0 radical (unpaired) electrons. The molecule has 0 heterocycles. The molecule has 0 bridgehead atoms. The van der Waals surface area contributed by atoms with Crippen LogP contribution in [0, 0.1) is 0 Å². The van der Waals surface area contributed by atoms with Crippen LogP contribution in [-0.4, -0.2) is 42.0 Å². The molecule has 0 aromatic rings. The molecule has 0 N–H and O–H groups in total. The van der Waals surface area contributed by atoms with Gasteiger partial charge in [0.1, 0.15) is 0 Å². The fraction of sp³-hybridized carbons (Fsp3) is 1.00. The summed E-state index contributed by atoms with van der Waals surface area (Å²) < 4.78 is 1.41. The van der Waals surface area contributed by atoms with Gasteiger partial charge in [-0.25, -0.2) is 0 Å². The van der Waals surface area contributed by atoms with Crippen LogP contribution in [0.5, 0.6) is 0 Å². The Bertz CT molecular complexity index is 8.00. The summed E-state index contributed by atoms with van der Waals surface area (Å²) in [5.41, 5.74) is 0. The Kier molecular flexibility index (Phi) is 7.29. The van der Waals surface area contributed by atoms with Crippen LogP contribution in [-0.2, 0) is 0 Å². The first kappa shape index (κ1) is 5.92. The average molecular weight is 199 g/mol. The zero-order chi connectivity index (χ0) is 3.41. The Hall–Kier alpha value is 1.92. The van der Waals surface area contributed by atoms with E-state index in [2.05, 4.69) is 11.9 Å². The normalized spacial score (nSPS) is 5.50. The van der Waals surface area contributed by atoms with E-state index < -0.39 is 42.0 Å². The van der Waals surface area contributed by atoms with E-state index in [0.29, 0.717) is 0 Å². The standard InChI is InChI=1S/C2H5.Ba.H2S/c1-2;;/h1H2,2H3;;1H2/q;+1;/p-1. The van der Waals surface area contributed by atoms with Crippen LogP contribution in [0.1, 0.15) is 6.92 Å². The van der Waals surface area contributed by atoms with Gasteiger partial charge in [0, 0.05) is 0 Å². The zero-order valence-corrected chi connectivity index (χ0v) is 8.20. The topological polar surface area (TPSA) is 0 Å². The fourth-order valence-corrected chi connectivity index (χ4v) is 0. The van der Waals surface area contributed by atoms with E-state index in [1.807, 2.05) is 0 Å². The molecule has 0 aliphatic heterocycles. The van der Waals surface area contributed by atoms with Gasteiger partial charge in [-0.15, -0.1) is 0 Å². The molecule has 0 aliphatic rings. The molecule has 0 fully saturated rings. The van der Waals surface area contributed by atoms with Crippen molar-refractivity contribution < 1.29 is 0 Å². The Morgan fingerprint density at radius 3 is 2.25 bits per heavy atom. The van der Waals surface area contributed by atoms with Crippen LogP contribution in [0.15, 0.2) is 0 Å². The van der Waals surface area contributed by atoms with E-state index in [0.717, 1.165) is 0 Å². The molecule has 0 aromatic carbocycles. The van der Waals surface area contributed by atoms with Gasteiger partial charge < -0.3 is 0 Å². The van der Waals surface area contributed by atoms with Crippen LogP contribution in [0.2, 0.25) is 0.889 Å². The maximum absolute atomic E-state index is 4.14. The van der Waals surface area contributed by atoms with Gasteiger partial charge in [-0.2, -0.15) is 0 Å². The van der Waals surface area contributed by atoms with Gasteiger partial charge in [0.25, 0.3) is 0 Å². The summed E-state index contributed by atoms with van der Waals surface area (Å²) in [4.78, 5) is 4.14. The molecule has 0 spiro atoms. The summed E-state index contributed by atoms with van der Waals surface area (Å²) in [6.07, 6.45) is 0. The van der Waals surface area contributed by atoms with Gasteiger partial charge >= 0.3 is 54.8 Å². The maximum atomic E-state index is 4.14. The first-order chi connectivity index (χ1) is 1.91. The van der Waals surface area contributed by atoms with Crippen LogP contribution in [0.3, 0.4) is 0 Å². The molecular formula is C2H6BaS. The monoisotopic (exact) mass is 200 g/mol. The molecule has 0 atom stereocenters. The first-order valence-electron chi connectivity index (χ1n) is 1.52. The molecular weight excluding hydrogens is 193 g/mol. The molecule has 0 unspecified atom stereocenters. The Labute approximate surface area is 53.4 Å². The minimum atomic E-state index is -0.418. The van der Waals surface area contributed by atoms with Gasteiger partial charge in [-0.1, -0.05) is 0 Å². The van der Waals surface area contributed by atoms with E-state index in [-0.39, 0.29) is 0 Å². The Morgan fingerprint density at radius 2 is 2.25 bits per heavy atom. The molecule has 0 saturated heterocycles. The van der Waals surface area contributed by atoms with E-state index >= 15 is 0 Å². The SMILES string of the molecule is C[CH2][Ba][SH]. The van der Waals surface area contributed by atoms with Crippen molar-refractivity contribution in [3.63, 3.8) is 0 Å². The number of rotatable bonds is 1. The van der Waals surface area contributed by atoms with Crippen molar-refractivity contribution in [2.75, 3.05) is 0 Å². The summed E-state index contributed by atoms with van der Waals surface area (Å²) in [6.45, 7) is 2.20. The number of hydrogen-bond acceptors (Lipinski definition) is 1. The van der Waals surface area contributed by atoms with Crippen LogP contribution in [0.25, 0.3) is 0 Å². The minimum absolute atomic E-state index is 0.418. The Balaban J connectivity index is 1.97. The van der Waals surface area contributed by atoms with E-state index in [1.165, 1.54) is 0.889 Å². The molecule has 0 aliphatic carbocycles.